The van der Waals surface area contributed by atoms with Crippen molar-refractivity contribution in [3.05, 3.63) is 47.4 Å². The maximum Gasteiger partial charge on any atom is 0.490 e. The zero-order chi connectivity index (χ0) is 23.5. The fourth-order valence-electron chi connectivity index (χ4n) is 3.97. The van der Waals surface area contributed by atoms with Crippen molar-refractivity contribution in [2.24, 2.45) is 0 Å². The van der Waals surface area contributed by atoms with Crippen molar-refractivity contribution in [1.29, 1.82) is 0 Å². The number of H-pyrrole nitrogens is 1. The summed E-state index contributed by atoms with van der Waals surface area (Å²) in [5.74, 6) is -2.07. The average Bonchev–Trinajstić information content (AvgIpc) is 3.30. The molecule has 32 heavy (non-hydrogen) atoms. The van der Waals surface area contributed by atoms with Crippen molar-refractivity contribution in [3.63, 3.8) is 0 Å². The molecule has 3 atom stereocenters. The second-order valence-electron chi connectivity index (χ2n) is 7.60. The van der Waals surface area contributed by atoms with Gasteiger partial charge in [0.2, 0.25) is 5.88 Å². The smallest absolute Gasteiger partial charge is 0.475 e. The van der Waals surface area contributed by atoms with Crippen LogP contribution in [-0.4, -0.2) is 69.4 Å². The number of rotatable bonds is 3. The molecule has 1 aliphatic heterocycles. The van der Waals surface area contributed by atoms with E-state index >= 15 is 0 Å². The third-order valence-corrected chi connectivity index (χ3v) is 5.33. The van der Waals surface area contributed by atoms with Gasteiger partial charge in [-0.1, -0.05) is 6.07 Å². The Hall–Kier alpha value is -3.08. The topological polar surface area (TPSA) is 105 Å². The molecule has 0 unspecified atom stereocenters. The van der Waals surface area contributed by atoms with E-state index < -0.39 is 12.1 Å². The number of aromatic nitrogens is 2. The number of fused-ring (bicyclic) bond motifs is 1. The van der Waals surface area contributed by atoms with E-state index in [1.165, 1.54) is 0 Å². The molecule has 11 heteroatoms. The number of aromatic amines is 1. The van der Waals surface area contributed by atoms with Crippen LogP contribution < -0.4 is 4.74 Å². The number of amides is 1. The van der Waals surface area contributed by atoms with Crippen molar-refractivity contribution in [3.8, 4) is 5.88 Å². The number of aliphatic carboxylic acids is 1. The number of ether oxygens (including phenoxy) is 2. The van der Waals surface area contributed by atoms with Crippen molar-refractivity contribution in [1.82, 2.24) is 14.9 Å². The summed E-state index contributed by atoms with van der Waals surface area (Å²) < 4.78 is 43.7. The lowest BCUT2D eigenvalue weighted by Crippen LogP contribution is -2.54. The van der Waals surface area contributed by atoms with Crippen LogP contribution in [0.3, 0.4) is 0 Å². The summed E-state index contributed by atoms with van der Waals surface area (Å²) in [5.41, 5.74) is 2.69. The van der Waals surface area contributed by atoms with Gasteiger partial charge < -0.3 is 24.5 Å². The van der Waals surface area contributed by atoms with Crippen molar-refractivity contribution in [2.75, 3.05) is 13.2 Å². The molecular formula is C21H24F3N3O5. The van der Waals surface area contributed by atoms with Gasteiger partial charge in [-0.2, -0.15) is 13.2 Å². The first-order valence-corrected chi connectivity index (χ1v) is 10.0. The van der Waals surface area contributed by atoms with Gasteiger partial charge in [-0.25, -0.2) is 9.78 Å². The fourth-order valence-corrected chi connectivity index (χ4v) is 3.97. The molecule has 0 spiro atoms. The van der Waals surface area contributed by atoms with Crippen molar-refractivity contribution in [2.45, 2.75) is 51.1 Å². The lowest BCUT2D eigenvalue weighted by atomic mass is 10.1. The summed E-state index contributed by atoms with van der Waals surface area (Å²) in [6.07, 6.45) is -1.78. The van der Waals surface area contributed by atoms with E-state index in [1.807, 2.05) is 43.0 Å². The Balaban J connectivity index is 0.000000360. The number of carbonyl (C=O) groups excluding carboxylic acids is 1. The Morgan fingerprint density at radius 3 is 2.56 bits per heavy atom. The first-order valence-electron chi connectivity index (χ1n) is 10.0. The highest BCUT2D eigenvalue weighted by Crippen LogP contribution is 2.33. The van der Waals surface area contributed by atoms with Gasteiger partial charge in [0.25, 0.3) is 5.91 Å². The number of pyridine rings is 1. The Morgan fingerprint density at radius 1 is 1.28 bits per heavy atom. The van der Waals surface area contributed by atoms with E-state index in [4.69, 9.17) is 19.4 Å². The van der Waals surface area contributed by atoms with E-state index in [0.717, 1.165) is 29.8 Å². The third-order valence-electron chi connectivity index (χ3n) is 5.33. The van der Waals surface area contributed by atoms with Gasteiger partial charge in [-0.15, -0.1) is 0 Å². The maximum atomic E-state index is 13.0. The van der Waals surface area contributed by atoms with E-state index in [0.29, 0.717) is 19.0 Å². The number of carboxylic acids is 1. The Morgan fingerprint density at radius 2 is 2.00 bits per heavy atom. The fraction of sp³-hybridized carbons (Fsp3) is 0.476. The molecule has 1 amide bonds. The number of aryl methyl sites for hydroxylation is 2. The lowest BCUT2D eigenvalue weighted by Gasteiger charge is -2.39. The number of hydrogen-bond acceptors (Lipinski definition) is 5. The summed E-state index contributed by atoms with van der Waals surface area (Å²) in [5, 5.41) is 7.12. The van der Waals surface area contributed by atoms with Crippen LogP contribution in [0.5, 0.6) is 5.88 Å². The molecule has 0 radical (unpaired) electrons. The van der Waals surface area contributed by atoms with Crippen LogP contribution in [0.25, 0.3) is 0 Å². The summed E-state index contributed by atoms with van der Waals surface area (Å²) >= 11 is 0. The summed E-state index contributed by atoms with van der Waals surface area (Å²) in [7, 11) is 0. The van der Waals surface area contributed by atoms with Crippen LogP contribution in [-0.2, 0) is 9.53 Å². The number of hydrogen-bond donors (Lipinski definition) is 2. The van der Waals surface area contributed by atoms with Gasteiger partial charge >= 0.3 is 12.1 Å². The highest BCUT2D eigenvalue weighted by molar-refractivity contribution is 5.96. The van der Waals surface area contributed by atoms with Gasteiger partial charge in [0, 0.05) is 30.2 Å². The molecule has 3 heterocycles. The molecule has 2 fully saturated rings. The third kappa shape index (κ3) is 5.39. The first kappa shape index (κ1) is 23.6. The minimum atomic E-state index is -5.08. The number of alkyl halides is 3. The molecule has 8 nitrogen and oxygen atoms in total. The van der Waals surface area contributed by atoms with Gasteiger partial charge in [0.05, 0.1) is 18.2 Å². The van der Waals surface area contributed by atoms with E-state index in [9.17, 15) is 18.0 Å². The van der Waals surface area contributed by atoms with Crippen LogP contribution in [0.2, 0.25) is 0 Å². The summed E-state index contributed by atoms with van der Waals surface area (Å²) in [6.45, 7) is 5.08. The number of carboxylic acid groups (broad SMARTS) is 1. The predicted octanol–water partition coefficient (Wildman–Crippen LogP) is 3.11. The molecule has 0 bridgehead atoms. The zero-order valence-corrected chi connectivity index (χ0v) is 17.6. The minimum Gasteiger partial charge on any atom is -0.475 e. The van der Waals surface area contributed by atoms with Gasteiger partial charge in [0.1, 0.15) is 12.2 Å². The molecule has 174 valence electrons. The molecule has 0 aromatic carbocycles. The van der Waals surface area contributed by atoms with Gasteiger partial charge in [-0.05, 0) is 38.8 Å². The number of morpholine rings is 1. The summed E-state index contributed by atoms with van der Waals surface area (Å²) in [4.78, 5) is 31.3. The normalized spacial score (nSPS) is 22.5. The molecule has 2 N–H and O–H groups in total. The summed E-state index contributed by atoms with van der Waals surface area (Å²) in [6, 6.07) is 7.61. The quantitative estimate of drug-likeness (QED) is 0.737. The number of nitrogens with zero attached hydrogens (tertiary/aromatic N) is 2. The molecule has 1 aliphatic carbocycles. The van der Waals surface area contributed by atoms with Gasteiger partial charge in [0.15, 0.2) is 0 Å². The number of halogens is 3. The predicted molar refractivity (Wildman–Crippen MR) is 106 cm³/mol. The average molecular weight is 455 g/mol. The molecule has 2 aromatic heterocycles. The number of nitrogens with one attached hydrogen (secondary N) is 1. The van der Waals surface area contributed by atoms with Crippen molar-refractivity contribution < 1.29 is 37.3 Å². The molecule has 1 saturated heterocycles. The largest absolute Gasteiger partial charge is 0.490 e. The number of carbonyl (C=O) groups is 2. The van der Waals surface area contributed by atoms with Crippen LogP contribution in [0.1, 0.15) is 34.6 Å². The molecule has 4 rings (SSSR count). The van der Waals surface area contributed by atoms with E-state index in [1.54, 1.807) is 6.20 Å². The maximum absolute atomic E-state index is 13.0. The molecule has 2 aliphatic rings. The van der Waals surface area contributed by atoms with Crippen molar-refractivity contribution >= 4 is 11.9 Å². The van der Waals surface area contributed by atoms with Crippen LogP contribution in [0.4, 0.5) is 13.2 Å². The SMILES string of the molecule is Cc1cc(C(=O)N2CCO[C@H]3[C@H](Oc4ccccn4)CC[C@@H]32)c(C)[nH]1.O=C(O)C(F)(F)F. The van der Waals surface area contributed by atoms with E-state index in [2.05, 4.69) is 9.97 Å². The highest BCUT2D eigenvalue weighted by Gasteiger charge is 2.46. The first-order chi connectivity index (χ1) is 15.1. The van der Waals surface area contributed by atoms with Crippen LogP contribution >= 0.6 is 0 Å². The molecule has 2 aromatic rings. The standard InChI is InChI=1S/C19H23N3O3.C2HF3O2/c1-12-11-14(13(2)21-12)19(23)22-9-10-24-18-15(22)6-7-16(18)25-17-5-3-4-8-20-17;3-2(4,5)1(6)7/h3-5,8,11,15-16,18,21H,6-7,9-10H2,1-2H3;(H,6,7)/t15-,16+,18+;/m0./s1. The minimum absolute atomic E-state index is 0.0598. The second kappa shape index (κ2) is 9.60. The van der Waals surface area contributed by atoms with E-state index in [-0.39, 0.29) is 24.2 Å². The lowest BCUT2D eigenvalue weighted by molar-refractivity contribution is -0.192. The second-order valence-corrected chi connectivity index (χ2v) is 7.60. The monoisotopic (exact) mass is 455 g/mol. The van der Waals surface area contributed by atoms with Gasteiger partial charge in [-0.3, -0.25) is 4.79 Å². The Labute approximate surface area is 182 Å². The Bertz CT molecular complexity index is 948. The Kier molecular flexibility index (Phi) is 7.07. The highest BCUT2D eigenvalue weighted by atomic mass is 19.4. The molecule has 1 saturated carbocycles. The zero-order valence-electron chi connectivity index (χ0n) is 17.6. The van der Waals surface area contributed by atoms with Crippen LogP contribution in [0, 0.1) is 13.8 Å². The van der Waals surface area contributed by atoms with Crippen LogP contribution in [0.15, 0.2) is 30.5 Å². The molecular weight excluding hydrogens is 431 g/mol.